The minimum Gasteiger partial charge on any atom is -0.571 e. The Morgan fingerprint density at radius 3 is 1.20 bits per heavy atom. The Morgan fingerprint density at radius 1 is 0.451 bits per heavy atom. The third kappa shape index (κ3) is 29.3. The number of carbonyl (C=O) groups is 4. The number of morpholine rings is 3. The van der Waals surface area contributed by atoms with E-state index < -0.39 is 99.8 Å². The quantitative estimate of drug-likeness (QED) is 0.0144. The van der Waals surface area contributed by atoms with Crippen LogP contribution < -0.4 is 75.8 Å². The van der Waals surface area contributed by atoms with E-state index in [0.717, 1.165) is 149 Å². The number of rotatable bonds is 19. The fourth-order valence-electron chi connectivity index (χ4n) is 13.9. The van der Waals surface area contributed by atoms with Gasteiger partial charge in [-0.25, -0.2) is 60.8 Å². The van der Waals surface area contributed by atoms with Crippen molar-refractivity contribution in [2.45, 2.75) is 110 Å². The van der Waals surface area contributed by atoms with Gasteiger partial charge in [0.05, 0.1) is 97.5 Å². The molecule has 708 valence electrons. The zero-order chi connectivity index (χ0) is 97.6. The zero-order valence-electron chi connectivity index (χ0n) is 75.6. The first-order chi connectivity index (χ1) is 62.2. The predicted octanol–water partition coefficient (Wildman–Crippen LogP) is 16.5. The van der Waals surface area contributed by atoms with Gasteiger partial charge in [0, 0.05) is 85.3 Å². The molecule has 0 radical (unpaired) electrons. The third-order valence-electron chi connectivity index (χ3n) is 20.1. The van der Waals surface area contributed by atoms with E-state index in [-0.39, 0.29) is 67.2 Å². The van der Waals surface area contributed by atoms with Crippen LogP contribution in [0.4, 0.5) is 74.4 Å². The van der Waals surface area contributed by atoms with E-state index in [1.165, 1.54) is 121 Å². The van der Waals surface area contributed by atoms with Gasteiger partial charge in [-0.3, -0.25) is 19.0 Å². The van der Waals surface area contributed by atoms with Gasteiger partial charge >= 0.3 is 41.5 Å². The fraction of sp³-hybridized carbons (Fsp3) is 0.300. The summed E-state index contributed by atoms with van der Waals surface area (Å²) >= 11 is 11.0. The molecule has 2 amide bonds. The molecule has 0 unspecified atom stereocenters. The molecule has 0 bridgehead atoms. The number of carbonyl (C=O) groups excluding carboxylic acids is 4. The van der Waals surface area contributed by atoms with E-state index in [1.807, 2.05) is 40.7 Å². The maximum absolute atomic E-state index is 14.3. The van der Waals surface area contributed by atoms with Gasteiger partial charge in [-0.05, 0) is 244 Å². The number of nitrogen functional groups attached to an aromatic ring is 2. The molecule has 0 spiro atoms. The first-order valence-corrected chi connectivity index (χ1v) is 50.7. The Morgan fingerprint density at radius 2 is 0.789 bits per heavy atom. The monoisotopic (exact) mass is 2030 g/mol. The van der Waals surface area contributed by atoms with Crippen molar-refractivity contribution in [3.63, 3.8) is 0 Å². The fourth-order valence-corrected chi connectivity index (χ4v) is 21.7. The maximum Gasteiger partial charge on any atom is 1.00 e. The summed E-state index contributed by atoms with van der Waals surface area (Å²) in [6.07, 6.45) is 0. The number of ether oxygens (including phenoxy) is 5. The first kappa shape index (κ1) is 110. The second-order valence-electron chi connectivity index (χ2n) is 29.8. The number of esters is 2. The van der Waals surface area contributed by atoms with Crippen LogP contribution in [0, 0.1) is 118 Å². The van der Waals surface area contributed by atoms with E-state index in [9.17, 15) is 70.4 Å². The number of anilines is 9. The van der Waals surface area contributed by atoms with Gasteiger partial charge in [-0.2, -0.15) is 5.26 Å². The largest absolute Gasteiger partial charge is 1.00 e. The van der Waals surface area contributed by atoms with Gasteiger partial charge in [-0.1, -0.05) is 54.1 Å². The van der Waals surface area contributed by atoms with E-state index in [4.69, 9.17) is 53.2 Å². The van der Waals surface area contributed by atoms with Crippen LogP contribution in [0.15, 0.2) is 156 Å². The Bertz CT molecular complexity index is 6350. The minimum atomic E-state index is -4.34. The average molecular weight is 2030 g/mol. The molecule has 7 heterocycles. The molecule has 0 saturated carbocycles. The van der Waals surface area contributed by atoms with E-state index in [1.54, 1.807) is 62.0 Å². The van der Waals surface area contributed by atoms with Crippen LogP contribution in [-0.2, 0) is 62.8 Å². The molecule has 3 aliphatic rings. The molecule has 3 aliphatic heterocycles. The van der Waals surface area contributed by atoms with Gasteiger partial charge in [0.1, 0.15) is 62.6 Å². The number of amides is 2. The smallest absolute Gasteiger partial charge is 0.571 e. The van der Waals surface area contributed by atoms with Crippen molar-refractivity contribution in [3.8, 4) is 6.07 Å². The van der Waals surface area contributed by atoms with Crippen molar-refractivity contribution >= 4 is 187 Å². The van der Waals surface area contributed by atoms with Gasteiger partial charge in [0.25, 0.3) is 40.9 Å². The van der Waals surface area contributed by atoms with Crippen molar-refractivity contribution in [3.05, 3.63) is 256 Å². The number of nitriles is 1. The third-order valence-corrected chi connectivity index (χ3v) is 29.5. The molecule has 133 heavy (non-hydrogen) atoms. The Balaban J connectivity index is 0.000000228. The van der Waals surface area contributed by atoms with Crippen LogP contribution in [0.1, 0.15) is 112 Å². The SMILES string of the molecule is CC#N.COC(=O)c1sccc1N.COC(=O)c1sccc1NS(=O)(=O)c1ccc(C)cc1F.Cc1cc(C)c(N2CCOCC2)c(C)c1N.Cc1ccc(S(=O)(=O)Cl)c(F)c1.Cc1ccc(S(=O)(=O)Nc2ccsc2C(=O)Nc2c(C)cc(Cl)c(N3CCOCC3)c2C)c(F)c1.Cc1ccc(S(=O)(=O)[N-]c2ccsc2C(=O)Nc2c(C)cc(C)c(N3CCOCC3)c2C)c(F)c1.[Na+]. The number of hydrogen-bond donors (Lipinski definition) is 6. The number of halogens is 6. The molecule has 4 aromatic heterocycles. The molecule has 28 nitrogen and oxygen atoms in total. The summed E-state index contributed by atoms with van der Waals surface area (Å²) in [6, 6.07) is 29.0. The molecule has 3 saturated heterocycles. The number of aryl methyl sites for hydroxylation is 9. The standard InChI is InChI=1S/C25H28FN3O4S2.C24H25ClFN3O4S2.C13H12FNO4S2.C13H20N2O.C7H6ClFO2S.C6H7NO2S.C2H3N.Na/c1-15-5-6-21(19(26)13-15)35(31,32)28-20-7-12-34-24(20)25(30)27-22-16(2)14-17(3)23(18(22)4)29-8-10-33-11-9-29;1-14-4-5-20(18(26)12-14)35(31,32)28-19-6-11-34-23(19)24(30)27-21-15(2)13-17(25)22(16(21)3)29-7-9-33-10-8-29;1-8-3-4-11(9(14)7-8)21(17,18)15-10-5-6-20-12(10)13(16)19-2;1-9-8-10(2)13(11(3)12(9)14)15-4-6-16-7-5-15;1-5-2-3-7(6(9)4-5)12(8,10)11;1-9-6(8)5-4(7)2-3-10-5;1-2-3;/h5-7,12-14H,8-11H2,1-4H3,(H2,27,28,30);4-6,11-13,28H,7-10H2,1-3H3,(H,27,30);3-7,15H,1-2H3;8H,4-7,14H2,1-3H3;2-4H,1H3;2-3H,7H2,1H3;1H3;/q;;;;;;;+1/p-1. The van der Waals surface area contributed by atoms with E-state index >= 15 is 0 Å². The van der Waals surface area contributed by atoms with E-state index in [2.05, 4.69) is 75.8 Å². The first-order valence-electron chi connectivity index (χ1n) is 40.1. The number of nitrogens with two attached hydrogens (primary N) is 2. The van der Waals surface area contributed by atoms with Crippen LogP contribution >= 0.6 is 67.6 Å². The van der Waals surface area contributed by atoms with E-state index in [0.29, 0.717) is 88.7 Å². The summed E-state index contributed by atoms with van der Waals surface area (Å²) in [4.78, 5) is 54.4. The molecule has 8 N–H and O–H groups in total. The molecule has 0 aliphatic carbocycles. The molecule has 14 rings (SSSR count). The summed E-state index contributed by atoms with van der Waals surface area (Å²) in [5, 5.41) is 20.3. The second-order valence-corrected chi connectivity index (χ2v) is 41.3. The minimum absolute atomic E-state index is 0. The van der Waals surface area contributed by atoms with Crippen LogP contribution in [0.5, 0.6) is 0 Å². The molecule has 11 aromatic rings. The number of hydrogen-bond acceptors (Lipinski definition) is 27. The van der Waals surface area contributed by atoms with Crippen LogP contribution in [0.2, 0.25) is 5.02 Å². The van der Waals surface area contributed by atoms with Crippen molar-refractivity contribution in [2.24, 2.45) is 0 Å². The molecule has 7 aromatic carbocycles. The predicted molar refractivity (Wildman–Crippen MR) is 517 cm³/mol. The summed E-state index contributed by atoms with van der Waals surface area (Å²) in [5.74, 6) is -5.38. The second kappa shape index (κ2) is 49.5. The Kier molecular flexibility index (Phi) is 41.0. The number of sulfonamides is 3. The summed E-state index contributed by atoms with van der Waals surface area (Å²) in [5.41, 5.74) is 28.2. The van der Waals surface area contributed by atoms with Crippen LogP contribution in [0.25, 0.3) is 4.72 Å². The molecular formula is C90H100Cl2F4N11NaO17S8. The van der Waals surface area contributed by atoms with Gasteiger partial charge in [0.2, 0.25) is 0 Å². The Labute approximate surface area is 820 Å². The van der Waals surface area contributed by atoms with Crippen molar-refractivity contribution < 1.29 is 124 Å². The number of thiophene rings is 4. The molecule has 0 atom stereocenters. The summed E-state index contributed by atoms with van der Waals surface area (Å²) in [7, 11) is -9.18. The van der Waals surface area contributed by atoms with Gasteiger partial charge in [0.15, 0.2) is 0 Å². The number of nitrogens with one attached hydrogen (secondary N) is 4. The molecule has 3 fully saturated rings. The molecular weight excluding hydrogens is 1930 g/mol. The van der Waals surface area contributed by atoms with Gasteiger partial charge in [-0.15, -0.1) is 51.0 Å². The van der Waals surface area contributed by atoms with Gasteiger partial charge < -0.3 is 65.2 Å². The van der Waals surface area contributed by atoms with Crippen molar-refractivity contribution in [1.82, 2.24) is 0 Å². The van der Waals surface area contributed by atoms with Crippen LogP contribution in [-0.4, -0.2) is 151 Å². The molecule has 43 heteroatoms. The van der Waals surface area contributed by atoms with Crippen molar-refractivity contribution in [1.29, 1.82) is 5.26 Å². The number of benzene rings is 7. The normalized spacial score (nSPS) is 13.0. The van der Waals surface area contributed by atoms with Crippen LogP contribution in [0.3, 0.4) is 0 Å². The number of methoxy groups -OCH3 is 2. The topological polar surface area (TPSA) is 399 Å². The maximum atomic E-state index is 14.3. The summed E-state index contributed by atoms with van der Waals surface area (Å²) < 4.78 is 186. The average Bonchev–Trinajstić information content (AvgIpc) is 1.73. The Hall–Kier alpha value is -9.91. The zero-order valence-corrected chi connectivity index (χ0v) is 85.7. The summed E-state index contributed by atoms with van der Waals surface area (Å²) in [6.45, 7) is 33.0. The van der Waals surface area contributed by atoms with Crippen molar-refractivity contribution in [2.75, 3.05) is 139 Å². The number of nitrogens with zero attached hydrogens (tertiary/aromatic N) is 5.